The Hall–Kier alpha value is -1.46. The van der Waals surface area contributed by atoms with Crippen LogP contribution in [0, 0.1) is 0 Å². The van der Waals surface area contributed by atoms with Gasteiger partial charge in [0.15, 0.2) is 0 Å². The van der Waals surface area contributed by atoms with Crippen molar-refractivity contribution in [3.63, 3.8) is 0 Å². The van der Waals surface area contributed by atoms with Gasteiger partial charge in [0.2, 0.25) is 0 Å². The van der Waals surface area contributed by atoms with Gasteiger partial charge < -0.3 is 25.4 Å². The maximum absolute atomic E-state index is 9.09. The van der Waals surface area contributed by atoms with Gasteiger partial charge in [0.05, 0.1) is 19.4 Å². The summed E-state index contributed by atoms with van der Waals surface area (Å²) in [6, 6.07) is 4.99. The van der Waals surface area contributed by atoms with Crippen molar-refractivity contribution in [1.82, 2.24) is 0 Å². The first-order valence-corrected chi connectivity index (χ1v) is 4.52. The topological polar surface area (TPSA) is 84.9 Å². The Labute approximate surface area is 88.0 Å². The molecule has 0 fully saturated rings. The molecule has 84 valence electrons. The highest BCUT2D eigenvalue weighted by Crippen LogP contribution is 2.26. The number of hydrogen-bond donors (Lipinski definition) is 3. The molecule has 0 aliphatic carbocycles. The van der Waals surface area contributed by atoms with Crippen LogP contribution in [-0.4, -0.2) is 36.6 Å². The molecule has 0 aromatic heterocycles. The number of anilines is 1. The first-order chi connectivity index (χ1) is 7.17. The fraction of sp³-hybridized carbons (Fsp3) is 0.400. The van der Waals surface area contributed by atoms with Gasteiger partial charge in [0, 0.05) is 6.07 Å². The van der Waals surface area contributed by atoms with Crippen LogP contribution in [-0.2, 0) is 0 Å². The van der Waals surface area contributed by atoms with E-state index in [-0.39, 0.29) is 13.2 Å². The van der Waals surface area contributed by atoms with Crippen LogP contribution < -0.4 is 15.2 Å². The monoisotopic (exact) mass is 213 g/mol. The number of benzene rings is 1. The second-order valence-electron chi connectivity index (χ2n) is 3.05. The Morgan fingerprint density at radius 3 is 2.80 bits per heavy atom. The van der Waals surface area contributed by atoms with Crippen LogP contribution in [0.15, 0.2) is 18.2 Å². The molecular formula is C10H15NO4. The van der Waals surface area contributed by atoms with Gasteiger partial charge in [-0.2, -0.15) is 0 Å². The van der Waals surface area contributed by atoms with Gasteiger partial charge in [-0.3, -0.25) is 0 Å². The third kappa shape index (κ3) is 3.30. The van der Waals surface area contributed by atoms with E-state index in [0.717, 1.165) is 0 Å². The smallest absolute Gasteiger partial charge is 0.146 e. The molecule has 0 aliphatic heterocycles. The SMILES string of the molecule is COc1ccc(N)c(OCC(O)CO)c1. The van der Waals surface area contributed by atoms with Crippen molar-refractivity contribution in [3.05, 3.63) is 18.2 Å². The molecule has 0 amide bonds. The number of methoxy groups -OCH3 is 1. The average Bonchev–Trinajstić information content (AvgIpc) is 2.27. The quantitative estimate of drug-likeness (QED) is 0.600. The van der Waals surface area contributed by atoms with Gasteiger partial charge in [-0.15, -0.1) is 0 Å². The molecule has 0 heterocycles. The summed E-state index contributed by atoms with van der Waals surface area (Å²) in [5, 5.41) is 17.7. The summed E-state index contributed by atoms with van der Waals surface area (Å²) in [6.45, 7) is -0.349. The fourth-order valence-corrected chi connectivity index (χ4v) is 1.01. The largest absolute Gasteiger partial charge is 0.497 e. The van der Waals surface area contributed by atoms with Crippen molar-refractivity contribution < 1.29 is 19.7 Å². The van der Waals surface area contributed by atoms with Crippen molar-refractivity contribution in [2.75, 3.05) is 26.1 Å². The first-order valence-electron chi connectivity index (χ1n) is 4.52. The van der Waals surface area contributed by atoms with Crippen LogP contribution in [0.1, 0.15) is 0 Å². The standard InChI is InChI=1S/C10H15NO4/c1-14-8-2-3-9(11)10(4-8)15-6-7(13)5-12/h2-4,7,12-13H,5-6,11H2,1H3. The summed E-state index contributed by atoms with van der Waals surface area (Å²) in [6.07, 6.45) is -0.907. The predicted molar refractivity (Wildman–Crippen MR) is 56.0 cm³/mol. The third-order valence-corrected chi connectivity index (χ3v) is 1.86. The van der Waals surface area contributed by atoms with E-state index >= 15 is 0 Å². The summed E-state index contributed by atoms with van der Waals surface area (Å²) in [5.41, 5.74) is 6.11. The number of aliphatic hydroxyl groups excluding tert-OH is 2. The maximum Gasteiger partial charge on any atom is 0.146 e. The molecule has 1 unspecified atom stereocenters. The van der Waals surface area contributed by atoms with Gasteiger partial charge in [-0.25, -0.2) is 0 Å². The van der Waals surface area contributed by atoms with Gasteiger partial charge in [0.25, 0.3) is 0 Å². The van der Waals surface area contributed by atoms with Gasteiger partial charge in [-0.05, 0) is 12.1 Å². The van der Waals surface area contributed by atoms with Crippen molar-refractivity contribution in [2.24, 2.45) is 0 Å². The predicted octanol–water partition coefficient (Wildman–Crippen LogP) is 0.00940. The zero-order chi connectivity index (χ0) is 11.3. The van der Waals surface area contributed by atoms with E-state index < -0.39 is 6.10 Å². The molecule has 1 aromatic rings. The first kappa shape index (κ1) is 11.6. The molecule has 0 spiro atoms. The molecule has 0 aliphatic rings. The molecule has 0 radical (unpaired) electrons. The molecule has 0 saturated carbocycles. The number of hydrogen-bond acceptors (Lipinski definition) is 5. The Balaban J connectivity index is 2.66. The van der Waals surface area contributed by atoms with Crippen LogP contribution in [0.2, 0.25) is 0 Å². The van der Waals surface area contributed by atoms with Crippen LogP contribution >= 0.6 is 0 Å². The summed E-state index contributed by atoms with van der Waals surface area (Å²) in [7, 11) is 1.54. The lowest BCUT2D eigenvalue weighted by Gasteiger charge is -2.12. The average molecular weight is 213 g/mol. The molecule has 0 bridgehead atoms. The Morgan fingerprint density at radius 1 is 1.47 bits per heavy atom. The van der Waals surface area contributed by atoms with E-state index in [4.69, 9.17) is 25.4 Å². The van der Waals surface area contributed by atoms with E-state index in [1.54, 1.807) is 18.2 Å². The van der Waals surface area contributed by atoms with Crippen molar-refractivity contribution >= 4 is 5.69 Å². The fourth-order valence-electron chi connectivity index (χ4n) is 1.01. The minimum absolute atomic E-state index is 0.00608. The lowest BCUT2D eigenvalue weighted by Crippen LogP contribution is -2.21. The molecule has 0 saturated heterocycles. The normalized spacial score (nSPS) is 12.2. The van der Waals surface area contributed by atoms with Gasteiger partial charge in [0.1, 0.15) is 24.2 Å². The highest BCUT2D eigenvalue weighted by molar-refractivity contribution is 5.55. The van der Waals surface area contributed by atoms with Crippen molar-refractivity contribution in [3.8, 4) is 11.5 Å². The van der Waals surface area contributed by atoms with Crippen molar-refractivity contribution in [2.45, 2.75) is 6.10 Å². The molecule has 5 nitrogen and oxygen atoms in total. The molecule has 5 heteroatoms. The summed E-state index contributed by atoms with van der Waals surface area (Å²) < 4.78 is 10.2. The number of rotatable bonds is 5. The van der Waals surface area contributed by atoms with E-state index in [9.17, 15) is 0 Å². The van der Waals surface area contributed by atoms with E-state index in [2.05, 4.69) is 0 Å². The summed E-state index contributed by atoms with van der Waals surface area (Å²) in [4.78, 5) is 0. The zero-order valence-corrected chi connectivity index (χ0v) is 8.51. The van der Waals surface area contributed by atoms with E-state index in [1.807, 2.05) is 0 Å². The number of aliphatic hydroxyl groups is 2. The molecular weight excluding hydrogens is 198 g/mol. The molecule has 1 atom stereocenters. The van der Waals surface area contributed by atoms with Crippen LogP contribution in [0.3, 0.4) is 0 Å². The molecule has 1 rings (SSSR count). The highest BCUT2D eigenvalue weighted by Gasteiger charge is 2.06. The van der Waals surface area contributed by atoms with Crippen LogP contribution in [0.5, 0.6) is 11.5 Å². The van der Waals surface area contributed by atoms with Gasteiger partial charge in [-0.1, -0.05) is 0 Å². The number of nitrogens with two attached hydrogens (primary N) is 1. The Bertz CT molecular complexity index is 316. The maximum atomic E-state index is 9.09. The lowest BCUT2D eigenvalue weighted by molar-refractivity contribution is 0.0538. The number of ether oxygens (including phenoxy) is 2. The Kier molecular flexibility index (Phi) is 4.20. The summed E-state index contributed by atoms with van der Waals surface area (Å²) in [5.74, 6) is 1.06. The van der Waals surface area contributed by atoms with Crippen molar-refractivity contribution in [1.29, 1.82) is 0 Å². The molecule has 15 heavy (non-hydrogen) atoms. The number of nitrogen functional groups attached to an aromatic ring is 1. The zero-order valence-electron chi connectivity index (χ0n) is 8.51. The third-order valence-electron chi connectivity index (χ3n) is 1.86. The minimum Gasteiger partial charge on any atom is -0.497 e. The summed E-state index contributed by atoms with van der Waals surface area (Å²) >= 11 is 0. The van der Waals surface area contributed by atoms with Crippen LogP contribution in [0.4, 0.5) is 5.69 Å². The van der Waals surface area contributed by atoms with E-state index in [0.29, 0.717) is 17.2 Å². The highest BCUT2D eigenvalue weighted by atomic mass is 16.5. The molecule has 1 aromatic carbocycles. The molecule has 4 N–H and O–H groups in total. The van der Waals surface area contributed by atoms with Crippen LogP contribution in [0.25, 0.3) is 0 Å². The minimum atomic E-state index is -0.907. The second kappa shape index (κ2) is 5.43. The van der Waals surface area contributed by atoms with E-state index in [1.165, 1.54) is 7.11 Å². The van der Waals surface area contributed by atoms with Gasteiger partial charge >= 0.3 is 0 Å². The Morgan fingerprint density at radius 2 is 2.20 bits per heavy atom. The second-order valence-corrected chi connectivity index (χ2v) is 3.05. The lowest BCUT2D eigenvalue weighted by atomic mass is 10.3.